The molecule has 1 aliphatic rings. The predicted molar refractivity (Wildman–Crippen MR) is 105 cm³/mol. The van der Waals surface area contributed by atoms with Crippen molar-refractivity contribution in [2.45, 2.75) is 25.9 Å². The van der Waals surface area contributed by atoms with E-state index in [1.54, 1.807) is 7.11 Å². The van der Waals surface area contributed by atoms with Gasteiger partial charge in [-0.25, -0.2) is 0 Å². The normalized spacial score (nSPS) is 14.1. The molecule has 130 valence electrons. The van der Waals surface area contributed by atoms with Crippen LogP contribution < -0.4 is 15.4 Å². The number of ether oxygens (including phenoxy) is 2. The van der Waals surface area contributed by atoms with Crippen LogP contribution in [0, 0.1) is 5.92 Å². The number of hydrogen-bond donors (Lipinski definition) is 2. The highest BCUT2D eigenvalue weighted by molar-refractivity contribution is 14.0. The largest absolute Gasteiger partial charge is 0.497 e. The van der Waals surface area contributed by atoms with Gasteiger partial charge in [-0.15, -0.1) is 24.0 Å². The van der Waals surface area contributed by atoms with Crippen LogP contribution in [0.2, 0.25) is 0 Å². The van der Waals surface area contributed by atoms with E-state index >= 15 is 0 Å². The van der Waals surface area contributed by atoms with Gasteiger partial charge in [0.1, 0.15) is 5.75 Å². The molecule has 2 rings (SSSR count). The zero-order valence-corrected chi connectivity index (χ0v) is 16.3. The van der Waals surface area contributed by atoms with E-state index in [9.17, 15) is 0 Å². The van der Waals surface area contributed by atoms with Crippen LogP contribution in [-0.2, 0) is 11.3 Å². The summed E-state index contributed by atoms with van der Waals surface area (Å²) in [7, 11) is 3.48. The molecule has 0 spiro atoms. The number of benzene rings is 1. The molecule has 0 aromatic heterocycles. The van der Waals surface area contributed by atoms with E-state index in [1.807, 2.05) is 31.3 Å². The van der Waals surface area contributed by atoms with E-state index in [0.717, 1.165) is 49.3 Å². The molecule has 0 atom stereocenters. The van der Waals surface area contributed by atoms with Gasteiger partial charge in [-0.05, 0) is 42.9 Å². The van der Waals surface area contributed by atoms with E-state index in [-0.39, 0.29) is 24.0 Å². The summed E-state index contributed by atoms with van der Waals surface area (Å²) in [6, 6.07) is 7.97. The molecule has 0 aliphatic heterocycles. The molecule has 0 radical (unpaired) electrons. The van der Waals surface area contributed by atoms with Gasteiger partial charge in [-0.1, -0.05) is 12.1 Å². The van der Waals surface area contributed by atoms with Crippen molar-refractivity contribution >= 4 is 29.9 Å². The van der Waals surface area contributed by atoms with Crippen LogP contribution in [0.5, 0.6) is 5.75 Å². The van der Waals surface area contributed by atoms with E-state index < -0.39 is 0 Å². The third-order valence-corrected chi connectivity index (χ3v) is 3.66. The lowest BCUT2D eigenvalue weighted by molar-refractivity contribution is 0.119. The fraction of sp³-hybridized carbons (Fsp3) is 0.588. The van der Waals surface area contributed by atoms with Crippen LogP contribution in [0.25, 0.3) is 0 Å². The predicted octanol–water partition coefficient (Wildman–Crippen LogP) is 2.79. The summed E-state index contributed by atoms with van der Waals surface area (Å²) in [5.41, 5.74) is 1.16. The molecule has 5 nitrogen and oxygen atoms in total. The lowest BCUT2D eigenvalue weighted by Crippen LogP contribution is -2.39. The molecule has 0 heterocycles. The van der Waals surface area contributed by atoms with Gasteiger partial charge in [0, 0.05) is 26.7 Å². The second-order valence-corrected chi connectivity index (χ2v) is 5.58. The van der Waals surface area contributed by atoms with Crippen LogP contribution >= 0.6 is 24.0 Å². The fourth-order valence-electron chi connectivity index (χ4n) is 2.08. The van der Waals surface area contributed by atoms with Crippen LogP contribution in [0.15, 0.2) is 29.3 Å². The first kappa shape index (κ1) is 20.0. The van der Waals surface area contributed by atoms with Gasteiger partial charge in [0.05, 0.1) is 13.7 Å². The topological polar surface area (TPSA) is 54.9 Å². The first-order valence-electron chi connectivity index (χ1n) is 7.97. The third kappa shape index (κ3) is 8.41. The van der Waals surface area contributed by atoms with Crippen LogP contribution in [0.1, 0.15) is 24.8 Å². The number of guanidine groups is 1. The van der Waals surface area contributed by atoms with Crippen molar-refractivity contribution in [2.24, 2.45) is 10.9 Å². The van der Waals surface area contributed by atoms with Crippen molar-refractivity contribution in [3.05, 3.63) is 29.8 Å². The van der Waals surface area contributed by atoms with Crippen molar-refractivity contribution in [2.75, 3.05) is 33.9 Å². The van der Waals surface area contributed by atoms with Gasteiger partial charge >= 0.3 is 0 Å². The number of nitrogens with zero attached hydrogens (tertiary/aromatic N) is 1. The summed E-state index contributed by atoms with van der Waals surface area (Å²) < 4.78 is 10.8. The van der Waals surface area contributed by atoms with Crippen LogP contribution in [-0.4, -0.2) is 39.8 Å². The minimum Gasteiger partial charge on any atom is -0.497 e. The average Bonchev–Trinajstić information content (AvgIpc) is 3.38. The van der Waals surface area contributed by atoms with E-state index in [1.165, 1.54) is 12.8 Å². The Hall–Kier alpha value is -1.02. The minimum absolute atomic E-state index is 0. The molecule has 1 aliphatic carbocycles. The quantitative estimate of drug-likeness (QED) is 0.272. The first-order valence-corrected chi connectivity index (χ1v) is 7.97. The fourth-order valence-corrected chi connectivity index (χ4v) is 2.08. The van der Waals surface area contributed by atoms with Gasteiger partial charge in [0.2, 0.25) is 0 Å². The summed E-state index contributed by atoms with van der Waals surface area (Å²) in [6.45, 7) is 3.28. The molecule has 2 N–H and O–H groups in total. The van der Waals surface area contributed by atoms with Gasteiger partial charge in [0.25, 0.3) is 0 Å². The van der Waals surface area contributed by atoms with Crippen molar-refractivity contribution in [3.63, 3.8) is 0 Å². The zero-order chi connectivity index (χ0) is 15.6. The second kappa shape index (κ2) is 11.5. The Labute approximate surface area is 156 Å². The summed E-state index contributed by atoms with van der Waals surface area (Å²) in [5.74, 6) is 2.62. The number of halogens is 1. The van der Waals surface area contributed by atoms with Crippen molar-refractivity contribution in [3.8, 4) is 5.75 Å². The van der Waals surface area contributed by atoms with Crippen molar-refractivity contribution in [1.82, 2.24) is 10.6 Å². The lowest BCUT2D eigenvalue weighted by atomic mass is 10.2. The highest BCUT2D eigenvalue weighted by atomic mass is 127. The van der Waals surface area contributed by atoms with Gasteiger partial charge in [-0.3, -0.25) is 4.99 Å². The van der Waals surface area contributed by atoms with Gasteiger partial charge in [-0.2, -0.15) is 0 Å². The molecular formula is C17H28IN3O2. The monoisotopic (exact) mass is 433 g/mol. The summed E-state index contributed by atoms with van der Waals surface area (Å²) in [4.78, 5) is 4.21. The lowest BCUT2D eigenvalue weighted by Gasteiger charge is -2.11. The number of aliphatic imine (C=N–C) groups is 1. The molecule has 0 bridgehead atoms. The van der Waals surface area contributed by atoms with Crippen LogP contribution in [0.4, 0.5) is 0 Å². The Morgan fingerprint density at radius 2 is 1.96 bits per heavy atom. The number of nitrogens with one attached hydrogen (secondary N) is 2. The minimum atomic E-state index is 0. The van der Waals surface area contributed by atoms with Gasteiger partial charge in [0.15, 0.2) is 5.96 Å². The Morgan fingerprint density at radius 3 is 2.57 bits per heavy atom. The molecule has 1 aromatic carbocycles. The highest BCUT2D eigenvalue weighted by Gasteiger charge is 2.20. The van der Waals surface area contributed by atoms with E-state index in [2.05, 4.69) is 15.6 Å². The van der Waals surface area contributed by atoms with E-state index in [4.69, 9.17) is 9.47 Å². The number of methoxy groups -OCH3 is 1. The molecule has 1 aromatic rings. The molecule has 0 saturated heterocycles. The zero-order valence-electron chi connectivity index (χ0n) is 14.0. The SMILES string of the molecule is CN=C(NCCCOCc1ccc(OC)cc1)NCC1CC1.I. The Bertz CT molecular complexity index is 461. The maximum Gasteiger partial charge on any atom is 0.190 e. The third-order valence-electron chi connectivity index (χ3n) is 3.66. The molecule has 1 saturated carbocycles. The summed E-state index contributed by atoms with van der Waals surface area (Å²) in [6.07, 6.45) is 3.66. The summed E-state index contributed by atoms with van der Waals surface area (Å²) in [5, 5.41) is 6.65. The summed E-state index contributed by atoms with van der Waals surface area (Å²) >= 11 is 0. The maximum absolute atomic E-state index is 5.68. The van der Waals surface area contributed by atoms with E-state index in [0.29, 0.717) is 6.61 Å². The first-order chi connectivity index (χ1) is 10.8. The maximum atomic E-state index is 5.68. The Morgan fingerprint density at radius 1 is 1.22 bits per heavy atom. The smallest absolute Gasteiger partial charge is 0.190 e. The van der Waals surface area contributed by atoms with Crippen molar-refractivity contribution in [1.29, 1.82) is 0 Å². The molecular weight excluding hydrogens is 405 g/mol. The number of hydrogen-bond acceptors (Lipinski definition) is 3. The molecule has 0 amide bonds. The Balaban J connectivity index is 0.00000264. The van der Waals surface area contributed by atoms with Gasteiger partial charge < -0.3 is 20.1 Å². The highest BCUT2D eigenvalue weighted by Crippen LogP contribution is 2.27. The molecule has 0 unspecified atom stereocenters. The molecule has 6 heteroatoms. The average molecular weight is 433 g/mol. The molecule has 1 fully saturated rings. The number of rotatable bonds is 9. The van der Waals surface area contributed by atoms with Crippen molar-refractivity contribution < 1.29 is 9.47 Å². The van der Waals surface area contributed by atoms with Crippen LogP contribution in [0.3, 0.4) is 0 Å². The standard InChI is InChI=1S/C17H27N3O2.HI/c1-18-17(20-12-14-4-5-14)19-10-3-11-22-13-15-6-8-16(21-2)9-7-15;/h6-9,14H,3-5,10-13H2,1-2H3,(H2,18,19,20);1H. The second-order valence-electron chi connectivity index (χ2n) is 5.58. The molecule has 23 heavy (non-hydrogen) atoms. The Kier molecular flexibility index (Phi) is 10.0.